The molecule has 126 valence electrons. The molecule has 1 nitrogen and oxygen atoms in total. The number of fused-ring (bicyclic) bond motifs is 3. The highest BCUT2D eigenvalue weighted by Gasteiger charge is 2.07. The van der Waals surface area contributed by atoms with E-state index in [1.54, 1.807) is 0 Å². The van der Waals surface area contributed by atoms with Gasteiger partial charge in [0.25, 0.3) is 0 Å². The molecule has 0 saturated heterocycles. The Kier molecular flexibility index (Phi) is 3.84. The minimum atomic E-state index is 1.12. The zero-order valence-electron chi connectivity index (χ0n) is 14.4. The van der Waals surface area contributed by atoms with E-state index < -0.39 is 0 Å². The largest absolute Gasteiger partial charge is 0.356 e. The molecule has 5 rings (SSSR count). The van der Waals surface area contributed by atoms with Crippen LogP contribution in [0.3, 0.4) is 0 Å². The van der Waals surface area contributed by atoms with Crippen LogP contribution in [0.1, 0.15) is 12.8 Å². The molecule has 1 aliphatic rings. The van der Waals surface area contributed by atoms with Gasteiger partial charge in [-0.1, -0.05) is 48.6 Å². The molecule has 0 fully saturated rings. The number of nitrogens with one attached hydrogen (secondary N) is 1. The van der Waals surface area contributed by atoms with Gasteiger partial charge in [-0.25, -0.2) is 0 Å². The molecule has 0 aliphatic heterocycles. The zero-order valence-corrected chi connectivity index (χ0v) is 15.2. The van der Waals surface area contributed by atoms with Crippen LogP contribution >= 0.6 is 11.3 Å². The van der Waals surface area contributed by atoms with Crippen molar-refractivity contribution in [2.75, 3.05) is 5.32 Å². The average Bonchev–Trinajstić information content (AvgIpc) is 3.07. The van der Waals surface area contributed by atoms with Crippen molar-refractivity contribution in [3.05, 3.63) is 90.7 Å². The lowest BCUT2D eigenvalue weighted by Crippen LogP contribution is -1.98. The van der Waals surface area contributed by atoms with Crippen LogP contribution in [-0.4, -0.2) is 0 Å². The molecule has 2 heteroatoms. The Bertz CT molecular complexity index is 1150. The summed E-state index contributed by atoms with van der Waals surface area (Å²) in [4.78, 5) is 0. The van der Waals surface area contributed by atoms with Gasteiger partial charge in [-0.3, -0.25) is 0 Å². The number of hydrogen-bond acceptors (Lipinski definition) is 2. The normalized spacial score (nSPS) is 13.9. The highest BCUT2D eigenvalue weighted by molar-refractivity contribution is 7.25. The lowest BCUT2D eigenvalue weighted by atomic mass is 10.0. The number of allylic oxidation sites excluding steroid dienone is 3. The predicted molar refractivity (Wildman–Crippen MR) is 115 cm³/mol. The van der Waals surface area contributed by atoms with Gasteiger partial charge in [0.2, 0.25) is 0 Å². The number of thiophene rings is 1. The second kappa shape index (κ2) is 6.47. The number of hydrogen-bond donors (Lipinski definition) is 1. The van der Waals surface area contributed by atoms with E-state index in [2.05, 4.69) is 90.3 Å². The third-order valence-electron chi connectivity index (χ3n) is 4.88. The van der Waals surface area contributed by atoms with Crippen LogP contribution in [0.4, 0.5) is 5.69 Å². The van der Waals surface area contributed by atoms with Crippen LogP contribution in [0, 0.1) is 0 Å². The van der Waals surface area contributed by atoms with Crippen molar-refractivity contribution in [2.45, 2.75) is 12.8 Å². The molecule has 1 aromatic heterocycles. The first-order chi connectivity index (χ1) is 12.9. The van der Waals surface area contributed by atoms with Crippen LogP contribution in [-0.2, 0) is 0 Å². The molecule has 0 amide bonds. The Morgan fingerprint density at radius 1 is 0.731 bits per heavy atom. The smallest absolute Gasteiger partial charge is 0.0384 e. The lowest BCUT2D eigenvalue weighted by molar-refractivity contribution is 1.02. The molecular formula is C24H19NS. The third kappa shape index (κ3) is 2.83. The van der Waals surface area contributed by atoms with Crippen LogP contribution in [0.5, 0.6) is 0 Å². The minimum absolute atomic E-state index is 1.12. The summed E-state index contributed by atoms with van der Waals surface area (Å²) >= 11 is 1.86. The van der Waals surface area contributed by atoms with Crippen LogP contribution in [0.2, 0.25) is 0 Å². The highest BCUT2D eigenvalue weighted by Crippen LogP contribution is 2.36. The van der Waals surface area contributed by atoms with E-state index in [-0.39, 0.29) is 0 Å². The van der Waals surface area contributed by atoms with Gasteiger partial charge >= 0.3 is 0 Å². The van der Waals surface area contributed by atoms with Crippen molar-refractivity contribution >= 4 is 37.2 Å². The number of rotatable bonds is 3. The maximum atomic E-state index is 3.49. The summed E-state index contributed by atoms with van der Waals surface area (Å²) in [6.45, 7) is 0. The summed E-state index contributed by atoms with van der Waals surface area (Å²) in [5, 5.41) is 6.19. The first-order valence-corrected chi connectivity index (χ1v) is 9.84. The molecule has 0 atom stereocenters. The van der Waals surface area contributed by atoms with Gasteiger partial charge in [-0.05, 0) is 60.4 Å². The Morgan fingerprint density at radius 2 is 1.54 bits per heavy atom. The van der Waals surface area contributed by atoms with Crippen LogP contribution in [0.15, 0.2) is 90.7 Å². The molecule has 1 aliphatic carbocycles. The highest BCUT2D eigenvalue weighted by atomic mass is 32.1. The van der Waals surface area contributed by atoms with E-state index in [9.17, 15) is 0 Å². The van der Waals surface area contributed by atoms with Crippen molar-refractivity contribution in [3.8, 4) is 11.1 Å². The summed E-state index contributed by atoms with van der Waals surface area (Å²) < 4.78 is 2.71. The molecule has 26 heavy (non-hydrogen) atoms. The molecule has 0 unspecified atom stereocenters. The second-order valence-electron chi connectivity index (χ2n) is 6.65. The van der Waals surface area contributed by atoms with Crippen LogP contribution in [0.25, 0.3) is 31.3 Å². The SMILES string of the molecule is C1=CC(Nc2ccc(-c3ccc4sc5ccccc5c4c3)cc2)=CCC1. The Morgan fingerprint density at radius 3 is 2.38 bits per heavy atom. The van der Waals surface area contributed by atoms with E-state index in [4.69, 9.17) is 0 Å². The summed E-state index contributed by atoms with van der Waals surface area (Å²) in [6.07, 6.45) is 8.89. The van der Waals surface area contributed by atoms with E-state index in [1.807, 2.05) is 11.3 Å². The van der Waals surface area contributed by atoms with Gasteiger partial charge in [0, 0.05) is 31.6 Å². The fourth-order valence-electron chi connectivity index (χ4n) is 3.52. The molecule has 4 aromatic rings. The molecule has 0 spiro atoms. The Balaban J connectivity index is 1.48. The zero-order chi connectivity index (χ0) is 17.3. The summed E-state index contributed by atoms with van der Waals surface area (Å²) in [5.41, 5.74) is 4.84. The quantitative estimate of drug-likeness (QED) is 0.405. The summed E-state index contributed by atoms with van der Waals surface area (Å²) in [6, 6.07) is 24.2. The monoisotopic (exact) mass is 353 g/mol. The van der Waals surface area contributed by atoms with Crippen molar-refractivity contribution in [2.24, 2.45) is 0 Å². The van der Waals surface area contributed by atoms with Crippen molar-refractivity contribution in [1.29, 1.82) is 0 Å². The summed E-state index contributed by atoms with van der Waals surface area (Å²) in [5.74, 6) is 0. The van der Waals surface area contributed by atoms with E-state index in [0.717, 1.165) is 18.5 Å². The first-order valence-electron chi connectivity index (χ1n) is 9.02. The molecule has 3 aromatic carbocycles. The molecular weight excluding hydrogens is 334 g/mol. The maximum Gasteiger partial charge on any atom is 0.0384 e. The second-order valence-corrected chi connectivity index (χ2v) is 7.73. The number of benzene rings is 3. The van der Waals surface area contributed by atoms with Crippen molar-refractivity contribution in [1.82, 2.24) is 0 Å². The van der Waals surface area contributed by atoms with Gasteiger partial charge in [0.05, 0.1) is 0 Å². The minimum Gasteiger partial charge on any atom is -0.356 e. The van der Waals surface area contributed by atoms with Crippen LogP contribution < -0.4 is 5.32 Å². The molecule has 0 saturated carbocycles. The summed E-state index contributed by atoms with van der Waals surface area (Å²) in [7, 11) is 0. The molecule has 1 N–H and O–H groups in total. The topological polar surface area (TPSA) is 12.0 Å². The standard InChI is InChI=1S/C24H19NS/c1-2-6-19(7-3-1)25-20-13-10-17(11-14-20)18-12-15-24-22(16-18)21-8-4-5-9-23(21)26-24/h2,4-16,25H,1,3H2. The first kappa shape index (κ1) is 15.4. The average molecular weight is 353 g/mol. The third-order valence-corrected chi connectivity index (χ3v) is 6.03. The Labute approximate surface area is 157 Å². The fraction of sp³-hybridized carbons (Fsp3) is 0.0833. The fourth-order valence-corrected chi connectivity index (χ4v) is 4.61. The lowest BCUT2D eigenvalue weighted by Gasteiger charge is -2.11. The van der Waals surface area contributed by atoms with E-state index in [0.29, 0.717) is 0 Å². The van der Waals surface area contributed by atoms with Crippen molar-refractivity contribution < 1.29 is 0 Å². The maximum absolute atomic E-state index is 3.49. The van der Waals surface area contributed by atoms with Gasteiger partial charge in [0.1, 0.15) is 0 Å². The molecule has 0 radical (unpaired) electrons. The van der Waals surface area contributed by atoms with E-state index >= 15 is 0 Å². The van der Waals surface area contributed by atoms with Crippen molar-refractivity contribution in [3.63, 3.8) is 0 Å². The predicted octanol–water partition coefficient (Wildman–Crippen LogP) is 7.37. The number of anilines is 1. The van der Waals surface area contributed by atoms with Gasteiger partial charge in [-0.2, -0.15) is 0 Å². The van der Waals surface area contributed by atoms with Gasteiger partial charge in [0.15, 0.2) is 0 Å². The Hall–Kier alpha value is -2.84. The van der Waals surface area contributed by atoms with E-state index in [1.165, 1.54) is 37.0 Å². The molecule has 0 bridgehead atoms. The molecule has 1 heterocycles. The van der Waals surface area contributed by atoms with Gasteiger partial charge < -0.3 is 5.32 Å². The van der Waals surface area contributed by atoms with Gasteiger partial charge in [-0.15, -0.1) is 11.3 Å².